The van der Waals surface area contributed by atoms with Gasteiger partial charge in [-0.15, -0.1) is 0 Å². The van der Waals surface area contributed by atoms with Crippen LogP contribution in [0.5, 0.6) is 0 Å². The number of imidazole rings is 1. The molecule has 2 heterocycles. The number of carbonyl (C=O) groups excluding carboxylic acids is 1. The minimum atomic E-state index is 0. The van der Waals surface area contributed by atoms with Crippen molar-refractivity contribution in [3.05, 3.63) is 115 Å². The quantitative estimate of drug-likeness (QED) is 0.263. The molecule has 6 aromatic rings. The van der Waals surface area contributed by atoms with E-state index < -0.39 is 0 Å². The third-order valence-corrected chi connectivity index (χ3v) is 6.44. The summed E-state index contributed by atoms with van der Waals surface area (Å²) in [5.74, 6) is 0.0995. The summed E-state index contributed by atoms with van der Waals surface area (Å²) in [5.41, 5.74) is 3.73. The predicted octanol–water partition coefficient (Wildman–Crippen LogP) is 3.32. The lowest BCUT2D eigenvalue weighted by molar-refractivity contribution is -0.682. The van der Waals surface area contributed by atoms with Gasteiger partial charge in [-0.1, -0.05) is 60.7 Å². The molecule has 0 aliphatic rings. The SMILES string of the molecule is CC(c1ccc2oc3ccccc3c2c1)n1cc[n+](CC(=O)c2ccc3ccccc3c2)c1.[Br-]. The number of furan rings is 1. The molecule has 4 nitrogen and oxygen atoms in total. The fourth-order valence-corrected chi connectivity index (χ4v) is 4.53. The van der Waals surface area contributed by atoms with E-state index in [1.54, 1.807) is 0 Å². The molecule has 34 heavy (non-hydrogen) atoms. The molecule has 0 saturated heterocycles. The number of halogens is 1. The Hall–Kier alpha value is -3.70. The molecule has 0 amide bonds. The third kappa shape index (κ3) is 3.93. The Morgan fingerprint density at radius 3 is 2.53 bits per heavy atom. The molecule has 0 saturated carbocycles. The van der Waals surface area contributed by atoms with Crippen molar-refractivity contribution in [1.82, 2.24) is 4.57 Å². The van der Waals surface area contributed by atoms with Crippen LogP contribution >= 0.6 is 0 Å². The van der Waals surface area contributed by atoms with Gasteiger partial charge in [0.1, 0.15) is 29.6 Å². The smallest absolute Gasteiger partial charge is 0.244 e. The maximum Gasteiger partial charge on any atom is 0.244 e. The maximum atomic E-state index is 12.9. The van der Waals surface area contributed by atoms with E-state index in [0.29, 0.717) is 6.54 Å². The second kappa shape index (κ2) is 8.92. The number of hydrogen-bond donors (Lipinski definition) is 0. The number of benzene rings is 4. The molecule has 1 atom stereocenters. The highest BCUT2D eigenvalue weighted by atomic mass is 79.9. The van der Waals surface area contributed by atoms with Crippen LogP contribution in [-0.2, 0) is 6.54 Å². The Morgan fingerprint density at radius 1 is 0.882 bits per heavy atom. The van der Waals surface area contributed by atoms with E-state index >= 15 is 0 Å². The van der Waals surface area contributed by atoms with E-state index in [-0.39, 0.29) is 28.8 Å². The van der Waals surface area contributed by atoms with Gasteiger partial charge >= 0.3 is 0 Å². The highest BCUT2D eigenvalue weighted by molar-refractivity contribution is 6.05. The van der Waals surface area contributed by atoms with E-state index in [4.69, 9.17) is 4.42 Å². The molecule has 168 valence electrons. The van der Waals surface area contributed by atoms with Gasteiger partial charge in [0.05, 0.1) is 0 Å². The van der Waals surface area contributed by atoms with Crippen molar-refractivity contribution in [2.24, 2.45) is 0 Å². The van der Waals surface area contributed by atoms with Crippen molar-refractivity contribution in [3.8, 4) is 0 Å². The standard InChI is InChI=1S/C29H23N2O2.BrH/c1-20(22-12-13-29-26(17-22)25-8-4-5-9-28(25)33-29)31-15-14-30(19-31)18-27(32)24-11-10-21-6-2-3-7-23(21)16-24;/h2-17,19-20H,18H2,1H3;1H/q+1;/p-1. The zero-order valence-corrected chi connectivity index (χ0v) is 20.3. The molecule has 0 aliphatic heterocycles. The summed E-state index contributed by atoms with van der Waals surface area (Å²) < 4.78 is 10.0. The summed E-state index contributed by atoms with van der Waals surface area (Å²) >= 11 is 0. The normalized spacial score (nSPS) is 12.1. The lowest BCUT2D eigenvalue weighted by Gasteiger charge is -2.08. The summed E-state index contributed by atoms with van der Waals surface area (Å²) in [6, 6.07) is 28.6. The van der Waals surface area contributed by atoms with Gasteiger partial charge in [0, 0.05) is 16.3 Å². The largest absolute Gasteiger partial charge is 1.00 e. The van der Waals surface area contributed by atoms with Crippen LogP contribution in [0.3, 0.4) is 0 Å². The van der Waals surface area contributed by atoms with Gasteiger partial charge in [-0.2, -0.15) is 0 Å². The summed E-state index contributed by atoms with van der Waals surface area (Å²) in [4.78, 5) is 12.9. The fraction of sp³-hybridized carbons (Fsp3) is 0.103. The Bertz CT molecular complexity index is 1650. The number of ketones is 1. The molecule has 5 heteroatoms. The first-order valence-electron chi connectivity index (χ1n) is 11.2. The molecular formula is C29H23BrN2O2. The van der Waals surface area contributed by atoms with Crippen molar-refractivity contribution >= 4 is 38.5 Å². The summed E-state index contributed by atoms with van der Waals surface area (Å²) in [5, 5.41) is 4.48. The Kier molecular flexibility index (Phi) is 5.80. The average molecular weight is 511 g/mol. The highest BCUT2D eigenvalue weighted by Gasteiger charge is 2.18. The van der Waals surface area contributed by atoms with Gasteiger partial charge < -0.3 is 21.4 Å². The number of rotatable bonds is 5. The number of aromatic nitrogens is 2. The zero-order valence-electron chi connectivity index (χ0n) is 18.7. The second-order valence-electron chi connectivity index (χ2n) is 8.55. The van der Waals surface area contributed by atoms with Crippen LogP contribution in [0, 0.1) is 0 Å². The van der Waals surface area contributed by atoms with Gasteiger partial charge in [0.25, 0.3) is 0 Å². The first-order chi connectivity index (χ1) is 16.2. The number of hydrogen-bond acceptors (Lipinski definition) is 2. The van der Waals surface area contributed by atoms with Crippen molar-refractivity contribution in [2.75, 3.05) is 0 Å². The Morgan fingerprint density at radius 2 is 1.65 bits per heavy atom. The monoisotopic (exact) mass is 510 g/mol. The van der Waals surface area contributed by atoms with Crippen LogP contribution in [0.2, 0.25) is 0 Å². The molecule has 6 rings (SSSR count). The van der Waals surface area contributed by atoms with Crippen molar-refractivity contribution in [3.63, 3.8) is 0 Å². The van der Waals surface area contributed by atoms with E-state index in [0.717, 1.165) is 38.3 Å². The van der Waals surface area contributed by atoms with Crippen LogP contribution < -0.4 is 21.5 Å². The van der Waals surface area contributed by atoms with E-state index in [9.17, 15) is 4.79 Å². The topological polar surface area (TPSA) is 39.0 Å². The molecule has 0 aliphatic carbocycles. The van der Waals surface area contributed by atoms with Crippen LogP contribution in [0.15, 0.2) is 108 Å². The lowest BCUT2D eigenvalue weighted by Crippen LogP contribution is -3.00. The fourth-order valence-electron chi connectivity index (χ4n) is 4.53. The van der Waals surface area contributed by atoms with E-state index in [1.807, 2.05) is 84.0 Å². The van der Waals surface area contributed by atoms with Gasteiger partial charge in [0.15, 0.2) is 6.54 Å². The van der Waals surface area contributed by atoms with Crippen molar-refractivity contribution < 1.29 is 30.8 Å². The van der Waals surface area contributed by atoms with Crippen molar-refractivity contribution in [1.29, 1.82) is 0 Å². The Balaban J connectivity index is 0.00000241. The lowest BCUT2D eigenvalue weighted by atomic mass is 10.0. The molecule has 0 radical (unpaired) electrons. The van der Waals surface area contributed by atoms with Gasteiger partial charge in [-0.25, -0.2) is 9.13 Å². The summed E-state index contributed by atoms with van der Waals surface area (Å²) in [6.07, 6.45) is 5.98. The first kappa shape index (κ1) is 22.1. The van der Waals surface area contributed by atoms with E-state index in [2.05, 4.69) is 35.8 Å². The van der Waals surface area contributed by atoms with Crippen LogP contribution in [0.1, 0.15) is 28.9 Å². The predicted molar refractivity (Wildman–Crippen MR) is 130 cm³/mol. The third-order valence-electron chi connectivity index (χ3n) is 6.44. The summed E-state index contributed by atoms with van der Waals surface area (Å²) in [6.45, 7) is 2.47. The van der Waals surface area contributed by atoms with E-state index in [1.165, 1.54) is 5.56 Å². The van der Waals surface area contributed by atoms with Crippen LogP contribution in [0.25, 0.3) is 32.7 Å². The highest BCUT2D eigenvalue weighted by Crippen LogP contribution is 2.31. The number of para-hydroxylation sites is 1. The number of nitrogens with zero attached hydrogens (tertiary/aromatic N) is 2. The number of fused-ring (bicyclic) bond motifs is 4. The Labute approximate surface area is 207 Å². The maximum absolute atomic E-state index is 12.9. The molecule has 2 aromatic heterocycles. The summed E-state index contributed by atoms with van der Waals surface area (Å²) in [7, 11) is 0. The minimum Gasteiger partial charge on any atom is -1.00 e. The van der Waals surface area contributed by atoms with Gasteiger partial charge in [-0.05, 0) is 47.5 Å². The molecular weight excluding hydrogens is 488 g/mol. The van der Waals surface area contributed by atoms with Gasteiger partial charge in [-0.3, -0.25) is 4.79 Å². The zero-order chi connectivity index (χ0) is 22.4. The first-order valence-corrected chi connectivity index (χ1v) is 11.2. The molecule has 0 bridgehead atoms. The molecule has 1 unspecified atom stereocenters. The molecule has 4 aromatic carbocycles. The van der Waals surface area contributed by atoms with Crippen LogP contribution in [0.4, 0.5) is 0 Å². The average Bonchev–Trinajstić information content (AvgIpc) is 3.47. The molecule has 0 fully saturated rings. The second-order valence-corrected chi connectivity index (χ2v) is 8.55. The van der Waals surface area contributed by atoms with Crippen LogP contribution in [-0.4, -0.2) is 10.4 Å². The minimum absolute atomic E-state index is 0. The van der Waals surface area contributed by atoms with Crippen molar-refractivity contribution in [2.45, 2.75) is 19.5 Å². The molecule has 0 spiro atoms. The molecule has 0 N–H and O–H groups in total. The number of carbonyl (C=O) groups is 1. The number of Topliss-reactive ketones (excluding diaryl/α,β-unsaturated/α-hetero) is 1. The van der Waals surface area contributed by atoms with Gasteiger partial charge in [0.2, 0.25) is 12.1 Å².